The number of benzene rings is 1. The van der Waals surface area contributed by atoms with Crippen molar-refractivity contribution in [1.29, 1.82) is 0 Å². The molecule has 2 rings (SSSR count). The van der Waals surface area contributed by atoms with E-state index in [0.717, 1.165) is 29.2 Å². The number of nitrogens with zero attached hydrogens (tertiary/aromatic N) is 2. The minimum Gasteiger partial charge on any atom is -0.319 e. The first-order valence-corrected chi connectivity index (χ1v) is 7.32. The first kappa shape index (κ1) is 13.6. The lowest BCUT2D eigenvalue weighted by Crippen LogP contribution is -2.13. The van der Waals surface area contributed by atoms with E-state index in [9.17, 15) is 4.79 Å². The minimum absolute atomic E-state index is 0.178. The zero-order valence-electron chi connectivity index (χ0n) is 10.9. The second-order valence-electron chi connectivity index (χ2n) is 4.04. The first-order chi connectivity index (χ1) is 9.22. The third-order valence-corrected chi connectivity index (χ3v) is 3.31. The summed E-state index contributed by atoms with van der Waals surface area (Å²) in [5, 5.41) is 9.45. The number of anilines is 1. The summed E-state index contributed by atoms with van der Waals surface area (Å²) in [7, 11) is 0. The Bertz CT molecular complexity index is 550. The summed E-state index contributed by atoms with van der Waals surface area (Å²) in [6.45, 7) is 2.05. The highest BCUT2D eigenvalue weighted by Crippen LogP contribution is 2.17. The number of carbonyl (C=O) groups is 1. The Morgan fingerprint density at radius 3 is 2.74 bits per heavy atom. The molecule has 0 radical (unpaired) electrons. The van der Waals surface area contributed by atoms with Crippen molar-refractivity contribution < 1.29 is 4.79 Å². The van der Waals surface area contributed by atoms with Gasteiger partial charge in [-0.2, -0.15) is 0 Å². The van der Waals surface area contributed by atoms with Crippen LogP contribution in [0, 0.1) is 0 Å². The van der Waals surface area contributed by atoms with Crippen LogP contribution in [0.4, 0.5) is 5.69 Å². The van der Waals surface area contributed by atoms with Crippen LogP contribution in [0.5, 0.6) is 0 Å². The SMILES string of the molecule is CCCc1nc(C(=O)Nc2ccc(SC)cc2)n[nH]1. The zero-order chi connectivity index (χ0) is 13.7. The highest BCUT2D eigenvalue weighted by atomic mass is 32.2. The Hall–Kier alpha value is -1.82. The fourth-order valence-electron chi connectivity index (χ4n) is 1.61. The second kappa shape index (κ2) is 6.38. The lowest BCUT2D eigenvalue weighted by Gasteiger charge is -2.03. The summed E-state index contributed by atoms with van der Waals surface area (Å²) < 4.78 is 0. The predicted octanol–water partition coefficient (Wildman–Crippen LogP) is 2.73. The number of hydrogen-bond donors (Lipinski definition) is 2. The fraction of sp³-hybridized carbons (Fsp3) is 0.308. The summed E-state index contributed by atoms with van der Waals surface area (Å²) in [6.07, 6.45) is 3.77. The highest BCUT2D eigenvalue weighted by Gasteiger charge is 2.12. The van der Waals surface area contributed by atoms with Gasteiger partial charge in [0.25, 0.3) is 5.91 Å². The second-order valence-corrected chi connectivity index (χ2v) is 4.92. The number of amides is 1. The topological polar surface area (TPSA) is 70.7 Å². The molecule has 0 aliphatic carbocycles. The van der Waals surface area contributed by atoms with Crippen LogP contribution in [0.2, 0.25) is 0 Å². The van der Waals surface area contributed by atoms with Gasteiger partial charge in [0.1, 0.15) is 5.82 Å². The van der Waals surface area contributed by atoms with Gasteiger partial charge in [0.2, 0.25) is 5.82 Å². The molecule has 1 aromatic carbocycles. The van der Waals surface area contributed by atoms with Crippen molar-refractivity contribution in [2.24, 2.45) is 0 Å². The molecule has 100 valence electrons. The van der Waals surface area contributed by atoms with Gasteiger partial charge in [-0.1, -0.05) is 6.92 Å². The Labute approximate surface area is 116 Å². The summed E-state index contributed by atoms with van der Waals surface area (Å²) in [6, 6.07) is 7.65. The summed E-state index contributed by atoms with van der Waals surface area (Å²) >= 11 is 1.66. The van der Waals surface area contributed by atoms with Crippen molar-refractivity contribution in [2.75, 3.05) is 11.6 Å². The molecule has 0 atom stereocenters. The number of rotatable bonds is 5. The van der Waals surface area contributed by atoms with Crippen LogP contribution in [0.1, 0.15) is 29.8 Å². The summed E-state index contributed by atoms with van der Waals surface area (Å²) in [4.78, 5) is 17.2. The van der Waals surface area contributed by atoms with Gasteiger partial charge in [0.05, 0.1) is 0 Å². The number of carbonyl (C=O) groups excluding carboxylic acids is 1. The zero-order valence-corrected chi connectivity index (χ0v) is 11.8. The number of aromatic nitrogens is 3. The lowest BCUT2D eigenvalue weighted by atomic mass is 10.3. The Morgan fingerprint density at radius 2 is 2.11 bits per heavy atom. The van der Waals surface area contributed by atoms with Crippen LogP contribution >= 0.6 is 11.8 Å². The third kappa shape index (κ3) is 3.57. The number of thioether (sulfide) groups is 1. The van der Waals surface area contributed by atoms with Gasteiger partial charge in [0.15, 0.2) is 0 Å². The molecule has 5 nitrogen and oxygen atoms in total. The number of nitrogens with one attached hydrogen (secondary N) is 2. The maximum absolute atomic E-state index is 11.9. The van der Waals surface area contributed by atoms with Crippen LogP contribution in [-0.4, -0.2) is 27.3 Å². The van der Waals surface area contributed by atoms with E-state index in [1.807, 2.05) is 30.5 Å². The number of H-pyrrole nitrogens is 1. The van der Waals surface area contributed by atoms with Crippen molar-refractivity contribution >= 4 is 23.4 Å². The average molecular weight is 276 g/mol. The molecule has 0 bridgehead atoms. The predicted molar refractivity (Wildman–Crippen MR) is 76.6 cm³/mol. The molecule has 0 fully saturated rings. The average Bonchev–Trinajstić information content (AvgIpc) is 2.89. The number of aromatic amines is 1. The van der Waals surface area contributed by atoms with Gasteiger partial charge in [0, 0.05) is 17.0 Å². The largest absolute Gasteiger partial charge is 0.319 e. The molecule has 1 aromatic heterocycles. The van der Waals surface area contributed by atoms with E-state index in [2.05, 4.69) is 27.4 Å². The molecule has 1 amide bonds. The molecule has 0 saturated carbocycles. The number of aryl methyl sites for hydroxylation is 1. The first-order valence-electron chi connectivity index (χ1n) is 6.09. The molecule has 6 heteroatoms. The van der Waals surface area contributed by atoms with Crippen molar-refractivity contribution in [2.45, 2.75) is 24.7 Å². The standard InChI is InChI=1S/C13H16N4OS/c1-3-4-11-15-12(17-16-11)13(18)14-9-5-7-10(19-2)8-6-9/h5-8H,3-4H2,1-2H3,(H,14,18)(H,15,16,17). The number of hydrogen-bond acceptors (Lipinski definition) is 4. The molecule has 2 aromatic rings. The molecular weight excluding hydrogens is 260 g/mol. The van der Waals surface area contributed by atoms with Crippen LogP contribution < -0.4 is 5.32 Å². The molecule has 2 N–H and O–H groups in total. The van der Waals surface area contributed by atoms with Crippen molar-refractivity contribution in [3.05, 3.63) is 35.9 Å². The van der Waals surface area contributed by atoms with Gasteiger partial charge in [-0.05, 0) is 36.9 Å². The highest BCUT2D eigenvalue weighted by molar-refractivity contribution is 7.98. The van der Waals surface area contributed by atoms with Gasteiger partial charge in [-0.15, -0.1) is 16.9 Å². The van der Waals surface area contributed by atoms with Gasteiger partial charge >= 0.3 is 0 Å². The van der Waals surface area contributed by atoms with E-state index >= 15 is 0 Å². The maximum atomic E-state index is 11.9. The molecule has 19 heavy (non-hydrogen) atoms. The van der Waals surface area contributed by atoms with Crippen molar-refractivity contribution in [1.82, 2.24) is 15.2 Å². The summed E-state index contributed by atoms with van der Waals surface area (Å²) in [5.74, 6) is 0.623. The quantitative estimate of drug-likeness (QED) is 0.824. The van der Waals surface area contributed by atoms with Crippen LogP contribution in [0.3, 0.4) is 0 Å². The Balaban J connectivity index is 2.02. The molecular formula is C13H16N4OS. The summed E-state index contributed by atoms with van der Waals surface area (Å²) in [5.41, 5.74) is 0.740. The molecule has 0 aliphatic heterocycles. The van der Waals surface area contributed by atoms with E-state index in [4.69, 9.17) is 0 Å². The van der Waals surface area contributed by atoms with E-state index in [-0.39, 0.29) is 11.7 Å². The van der Waals surface area contributed by atoms with E-state index in [0.29, 0.717) is 0 Å². The maximum Gasteiger partial charge on any atom is 0.295 e. The van der Waals surface area contributed by atoms with Crippen LogP contribution in [0.25, 0.3) is 0 Å². The molecule has 0 unspecified atom stereocenters. The van der Waals surface area contributed by atoms with Crippen molar-refractivity contribution in [3.63, 3.8) is 0 Å². The monoisotopic (exact) mass is 276 g/mol. The third-order valence-electron chi connectivity index (χ3n) is 2.57. The Morgan fingerprint density at radius 1 is 1.37 bits per heavy atom. The van der Waals surface area contributed by atoms with Gasteiger partial charge in [-0.25, -0.2) is 4.98 Å². The molecule has 1 heterocycles. The normalized spacial score (nSPS) is 10.4. The smallest absolute Gasteiger partial charge is 0.295 e. The van der Waals surface area contributed by atoms with E-state index < -0.39 is 0 Å². The van der Waals surface area contributed by atoms with Gasteiger partial charge < -0.3 is 5.32 Å². The lowest BCUT2D eigenvalue weighted by molar-refractivity contribution is 0.101. The van der Waals surface area contributed by atoms with E-state index in [1.54, 1.807) is 11.8 Å². The Kier molecular flexibility index (Phi) is 4.57. The molecule has 0 aliphatic rings. The molecule has 0 spiro atoms. The van der Waals surface area contributed by atoms with Crippen molar-refractivity contribution in [3.8, 4) is 0 Å². The fourth-order valence-corrected chi connectivity index (χ4v) is 2.02. The molecule has 0 saturated heterocycles. The van der Waals surface area contributed by atoms with Gasteiger partial charge in [-0.3, -0.25) is 9.89 Å². The minimum atomic E-state index is -0.296. The van der Waals surface area contributed by atoms with Crippen LogP contribution in [-0.2, 0) is 6.42 Å². The van der Waals surface area contributed by atoms with E-state index in [1.165, 1.54) is 0 Å². The van der Waals surface area contributed by atoms with Crippen LogP contribution in [0.15, 0.2) is 29.2 Å².